The average molecular weight is 704 g/mol. The maximum atomic E-state index is 2.41. The fourth-order valence-electron chi connectivity index (χ4n) is 8.30. The van der Waals surface area contributed by atoms with Crippen LogP contribution in [0.4, 0.5) is 17.1 Å². The van der Waals surface area contributed by atoms with Crippen LogP contribution in [0.3, 0.4) is 0 Å². The van der Waals surface area contributed by atoms with E-state index in [2.05, 4.69) is 205 Å². The van der Waals surface area contributed by atoms with E-state index in [-0.39, 0.29) is 0 Å². The van der Waals surface area contributed by atoms with E-state index in [1.54, 1.807) is 0 Å². The Bertz CT molecular complexity index is 3210. The first kappa shape index (κ1) is 30.8. The Morgan fingerprint density at radius 2 is 0.870 bits per heavy atom. The van der Waals surface area contributed by atoms with Gasteiger partial charge in [-0.05, 0) is 126 Å². The van der Waals surface area contributed by atoms with Crippen molar-refractivity contribution in [2.75, 3.05) is 4.90 Å². The molecular weight excluding hydrogens is 671 g/mol. The number of rotatable bonds is 5. The smallest absolute Gasteiger partial charge is 0.0476 e. The minimum atomic E-state index is 1.12. The molecule has 0 N–H and O–H groups in total. The largest absolute Gasteiger partial charge is 0.310 e. The van der Waals surface area contributed by atoms with Gasteiger partial charge >= 0.3 is 0 Å². The van der Waals surface area contributed by atoms with Crippen molar-refractivity contribution in [1.82, 2.24) is 0 Å². The molecule has 0 unspecified atom stereocenters. The van der Waals surface area contributed by atoms with Crippen molar-refractivity contribution in [1.29, 1.82) is 0 Å². The molecule has 2 heteroatoms. The zero-order valence-corrected chi connectivity index (χ0v) is 30.2. The van der Waals surface area contributed by atoms with Crippen LogP contribution in [0.5, 0.6) is 0 Å². The third-order valence-electron chi connectivity index (χ3n) is 11.0. The first-order valence-corrected chi connectivity index (χ1v) is 19.3. The second-order valence-corrected chi connectivity index (χ2v) is 15.2. The quantitative estimate of drug-likeness (QED) is 0.161. The molecule has 1 nitrogen and oxygen atoms in total. The van der Waals surface area contributed by atoms with Crippen LogP contribution in [0.2, 0.25) is 0 Å². The van der Waals surface area contributed by atoms with Gasteiger partial charge in [-0.1, -0.05) is 140 Å². The monoisotopic (exact) mass is 703 g/mol. The molecule has 0 saturated heterocycles. The highest BCUT2D eigenvalue weighted by molar-refractivity contribution is 7.25. The molecule has 1 heterocycles. The lowest BCUT2D eigenvalue weighted by atomic mass is 9.92. The fourth-order valence-corrected chi connectivity index (χ4v) is 9.47. The van der Waals surface area contributed by atoms with Crippen molar-refractivity contribution >= 4 is 91.7 Å². The summed E-state index contributed by atoms with van der Waals surface area (Å²) in [5.41, 5.74) is 8.29. The summed E-state index contributed by atoms with van der Waals surface area (Å²) in [6.45, 7) is 0. The Hall–Kier alpha value is -6.74. The Labute approximate surface area is 317 Å². The van der Waals surface area contributed by atoms with Crippen LogP contribution in [0, 0.1) is 0 Å². The van der Waals surface area contributed by atoms with Crippen LogP contribution < -0.4 is 4.90 Å². The molecule has 0 amide bonds. The summed E-state index contributed by atoms with van der Waals surface area (Å²) in [7, 11) is 0. The van der Waals surface area contributed by atoms with Crippen molar-refractivity contribution in [3.8, 4) is 22.3 Å². The van der Waals surface area contributed by atoms with Crippen LogP contribution >= 0.6 is 11.3 Å². The molecule has 0 atom stereocenters. The van der Waals surface area contributed by atoms with Gasteiger partial charge in [0.25, 0.3) is 0 Å². The van der Waals surface area contributed by atoms with Crippen LogP contribution in [-0.4, -0.2) is 0 Å². The van der Waals surface area contributed by atoms with Gasteiger partial charge in [0, 0.05) is 37.2 Å². The third kappa shape index (κ3) is 5.15. The number of nitrogens with zero attached hydrogens (tertiary/aromatic N) is 1. The van der Waals surface area contributed by atoms with Gasteiger partial charge in [-0.3, -0.25) is 0 Å². The molecule has 0 aliphatic carbocycles. The lowest BCUT2D eigenvalue weighted by Gasteiger charge is -2.26. The molecule has 0 fully saturated rings. The lowest BCUT2D eigenvalue weighted by molar-refractivity contribution is 1.30. The van der Waals surface area contributed by atoms with E-state index in [1.165, 1.54) is 85.5 Å². The molecule has 252 valence electrons. The highest BCUT2D eigenvalue weighted by Gasteiger charge is 2.17. The summed E-state index contributed by atoms with van der Waals surface area (Å²) in [5.74, 6) is 0. The molecule has 10 aromatic carbocycles. The standard InChI is InChI=1S/C52H33NS/c1-2-10-34(11-3-1)35-20-23-42(24-21-35)53(44-26-27-48-50-30-37-12-4-5-13-38(37)32-51(50)54-52(48)33-44)43-25-22-36-18-19-40(28-41(36)29-43)49-31-39-14-6-7-15-45(39)46-16-8-9-17-47(46)49/h1-33H. The van der Waals surface area contributed by atoms with Crippen molar-refractivity contribution < 1.29 is 0 Å². The number of fused-ring (bicyclic) bond motifs is 8. The Morgan fingerprint density at radius 3 is 1.70 bits per heavy atom. The molecule has 0 spiro atoms. The minimum absolute atomic E-state index is 1.12. The Balaban J connectivity index is 1.08. The SMILES string of the molecule is c1ccc(-c2ccc(N(c3ccc4ccc(-c5cc6ccccc6c6ccccc56)cc4c3)c3ccc4c(c3)sc3cc5ccccc5cc34)cc2)cc1. The fraction of sp³-hybridized carbons (Fsp3) is 0. The molecular formula is C52H33NS. The van der Waals surface area contributed by atoms with E-state index < -0.39 is 0 Å². The van der Waals surface area contributed by atoms with E-state index >= 15 is 0 Å². The third-order valence-corrected chi connectivity index (χ3v) is 12.1. The van der Waals surface area contributed by atoms with Gasteiger partial charge in [0.2, 0.25) is 0 Å². The molecule has 0 radical (unpaired) electrons. The second-order valence-electron chi connectivity index (χ2n) is 14.2. The number of thiophene rings is 1. The van der Waals surface area contributed by atoms with Gasteiger partial charge in [0.05, 0.1) is 0 Å². The molecule has 0 saturated carbocycles. The summed E-state index contributed by atoms with van der Waals surface area (Å²) < 4.78 is 2.61. The molecule has 11 rings (SSSR count). The zero-order chi connectivity index (χ0) is 35.6. The number of hydrogen-bond acceptors (Lipinski definition) is 2. The van der Waals surface area contributed by atoms with Crippen LogP contribution in [0.25, 0.3) is 85.5 Å². The number of anilines is 3. The number of hydrogen-bond donors (Lipinski definition) is 0. The van der Waals surface area contributed by atoms with Crippen LogP contribution in [0.15, 0.2) is 200 Å². The van der Waals surface area contributed by atoms with Gasteiger partial charge in [-0.15, -0.1) is 11.3 Å². The van der Waals surface area contributed by atoms with Crippen LogP contribution in [-0.2, 0) is 0 Å². The maximum absolute atomic E-state index is 2.41. The Morgan fingerprint density at radius 1 is 0.278 bits per heavy atom. The first-order valence-electron chi connectivity index (χ1n) is 18.5. The van der Waals surface area contributed by atoms with Gasteiger partial charge in [-0.25, -0.2) is 0 Å². The molecule has 0 aliphatic heterocycles. The normalized spacial score (nSPS) is 11.7. The van der Waals surface area contributed by atoms with Crippen LogP contribution in [0.1, 0.15) is 0 Å². The highest BCUT2D eigenvalue weighted by atomic mass is 32.1. The topological polar surface area (TPSA) is 3.24 Å². The molecule has 0 bridgehead atoms. The summed E-state index contributed by atoms with van der Waals surface area (Å²) in [5, 5.41) is 12.7. The maximum Gasteiger partial charge on any atom is 0.0476 e. The van der Waals surface area contributed by atoms with E-state index in [1.807, 2.05) is 11.3 Å². The van der Waals surface area contributed by atoms with E-state index in [9.17, 15) is 0 Å². The molecule has 0 aliphatic rings. The lowest BCUT2D eigenvalue weighted by Crippen LogP contribution is -2.09. The summed E-state index contributed by atoms with van der Waals surface area (Å²) >= 11 is 1.88. The first-order chi connectivity index (χ1) is 26.7. The predicted octanol–water partition coefficient (Wildman–Crippen LogP) is 15.5. The van der Waals surface area contributed by atoms with Crippen molar-refractivity contribution in [2.24, 2.45) is 0 Å². The molecule has 54 heavy (non-hydrogen) atoms. The van der Waals surface area contributed by atoms with E-state index in [4.69, 9.17) is 0 Å². The van der Waals surface area contributed by atoms with E-state index in [0.29, 0.717) is 0 Å². The average Bonchev–Trinajstić information content (AvgIpc) is 3.59. The van der Waals surface area contributed by atoms with Gasteiger partial charge < -0.3 is 4.90 Å². The van der Waals surface area contributed by atoms with Crippen molar-refractivity contribution in [3.05, 3.63) is 200 Å². The molecule has 1 aromatic heterocycles. The van der Waals surface area contributed by atoms with Gasteiger partial charge in [0.1, 0.15) is 0 Å². The zero-order valence-electron chi connectivity index (χ0n) is 29.4. The summed E-state index contributed by atoms with van der Waals surface area (Å²) in [4.78, 5) is 2.41. The Kier molecular flexibility index (Phi) is 7.11. The van der Waals surface area contributed by atoms with Gasteiger partial charge in [-0.2, -0.15) is 0 Å². The van der Waals surface area contributed by atoms with Crippen molar-refractivity contribution in [3.63, 3.8) is 0 Å². The minimum Gasteiger partial charge on any atom is -0.310 e. The second kappa shape index (κ2) is 12.4. The van der Waals surface area contributed by atoms with Crippen molar-refractivity contribution in [2.45, 2.75) is 0 Å². The predicted molar refractivity (Wildman–Crippen MR) is 235 cm³/mol. The molecule has 11 aromatic rings. The summed E-state index contributed by atoms with van der Waals surface area (Å²) in [6, 6.07) is 73.6. The van der Waals surface area contributed by atoms with Gasteiger partial charge in [0.15, 0.2) is 0 Å². The highest BCUT2D eigenvalue weighted by Crippen LogP contribution is 2.43. The van der Waals surface area contributed by atoms with E-state index in [0.717, 1.165) is 17.1 Å². The summed E-state index contributed by atoms with van der Waals surface area (Å²) in [6.07, 6.45) is 0. The number of benzene rings is 10.